The third-order valence-electron chi connectivity index (χ3n) is 7.17. The second-order valence-corrected chi connectivity index (χ2v) is 12.9. The van der Waals surface area contributed by atoms with Gasteiger partial charge in [-0.05, 0) is 68.3 Å². The van der Waals surface area contributed by atoms with Gasteiger partial charge in [-0.3, -0.25) is 5.32 Å². The van der Waals surface area contributed by atoms with Gasteiger partial charge in [0.25, 0.3) is 0 Å². The molecule has 2 aromatic carbocycles. The number of ether oxygens (including phenoxy) is 1. The van der Waals surface area contributed by atoms with E-state index >= 15 is 0 Å². The first-order chi connectivity index (χ1) is 19.7. The van der Waals surface area contributed by atoms with E-state index in [0.717, 1.165) is 23.7 Å². The van der Waals surface area contributed by atoms with Gasteiger partial charge in [0.05, 0.1) is 29.8 Å². The summed E-state index contributed by atoms with van der Waals surface area (Å²) in [6, 6.07) is 13.2. The first-order valence-electron chi connectivity index (χ1n) is 12.9. The Bertz CT molecular complexity index is 1660. The van der Waals surface area contributed by atoms with Gasteiger partial charge in [0.1, 0.15) is 22.7 Å². The second-order valence-electron chi connectivity index (χ2n) is 9.91. The van der Waals surface area contributed by atoms with Crippen LogP contribution in [0.2, 0.25) is 0 Å². The first kappa shape index (κ1) is 27.2. The van der Waals surface area contributed by atoms with E-state index in [4.69, 9.17) is 14.7 Å². The highest BCUT2D eigenvalue weighted by molar-refractivity contribution is 7.92. The molecule has 0 bridgehead atoms. The van der Waals surface area contributed by atoms with Crippen molar-refractivity contribution in [3.63, 3.8) is 0 Å². The summed E-state index contributed by atoms with van der Waals surface area (Å²) in [5.74, 6) is 0.471. The smallest absolute Gasteiger partial charge is 0.325 e. The quantitative estimate of drug-likeness (QED) is 0.296. The molecule has 2 fully saturated rings. The molecule has 6 rings (SSSR count). The van der Waals surface area contributed by atoms with Gasteiger partial charge in [-0.1, -0.05) is 0 Å². The Morgan fingerprint density at radius 3 is 2.51 bits per heavy atom. The van der Waals surface area contributed by atoms with E-state index in [2.05, 4.69) is 24.9 Å². The Balaban J connectivity index is 1.35. The van der Waals surface area contributed by atoms with E-state index in [0.29, 0.717) is 66.3 Å². The molecule has 14 heteroatoms. The number of urea groups is 1. The Hall–Kier alpha value is -4.01. The van der Waals surface area contributed by atoms with E-state index in [1.807, 2.05) is 6.92 Å². The number of sulfone groups is 1. The van der Waals surface area contributed by atoms with Gasteiger partial charge in [0.15, 0.2) is 15.7 Å². The molecule has 0 radical (unpaired) electrons. The predicted molar refractivity (Wildman–Crippen MR) is 152 cm³/mol. The molecule has 4 aromatic rings. The normalized spacial score (nSPS) is 18.1. The van der Waals surface area contributed by atoms with Crippen molar-refractivity contribution < 1.29 is 22.3 Å². The molecule has 1 aliphatic carbocycles. The van der Waals surface area contributed by atoms with Gasteiger partial charge in [-0.25, -0.2) is 32.6 Å². The lowest BCUT2D eigenvalue weighted by atomic mass is 10.1. The van der Waals surface area contributed by atoms with Crippen LogP contribution in [-0.2, 0) is 19.3 Å². The molecular weight excluding hydrogens is 569 g/mol. The largest absolute Gasteiger partial charge is 0.377 e. The Morgan fingerprint density at radius 2 is 1.85 bits per heavy atom. The number of rotatable bonds is 7. The van der Waals surface area contributed by atoms with Crippen LogP contribution in [0.25, 0.3) is 11.4 Å². The highest BCUT2D eigenvalue weighted by Crippen LogP contribution is 2.55. The Kier molecular flexibility index (Phi) is 7.13. The summed E-state index contributed by atoms with van der Waals surface area (Å²) in [4.78, 5) is 27.9. The van der Waals surface area contributed by atoms with Crippen LogP contribution in [0.1, 0.15) is 25.5 Å². The van der Waals surface area contributed by atoms with E-state index in [9.17, 15) is 17.6 Å². The van der Waals surface area contributed by atoms with Crippen molar-refractivity contribution in [2.45, 2.75) is 35.4 Å². The number of nitrogens with one attached hydrogen (secondary N) is 2. The summed E-state index contributed by atoms with van der Waals surface area (Å²) >= 11 is 1.06. The lowest BCUT2D eigenvalue weighted by Gasteiger charge is -2.34. The maximum atomic E-state index is 13.8. The molecule has 0 spiro atoms. The van der Waals surface area contributed by atoms with Crippen LogP contribution in [-0.4, -0.2) is 59.6 Å². The van der Waals surface area contributed by atoms with Gasteiger partial charge in [-0.15, -0.1) is 0 Å². The molecule has 3 heterocycles. The van der Waals surface area contributed by atoms with Crippen LogP contribution >= 0.6 is 11.5 Å². The molecule has 1 aliphatic heterocycles. The number of carbonyl (C=O) groups excluding carboxylic acids is 1. The number of halogens is 1. The number of carbonyl (C=O) groups is 1. The van der Waals surface area contributed by atoms with Crippen molar-refractivity contribution in [1.82, 2.24) is 19.3 Å². The van der Waals surface area contributed by atoms with E-state index in [1.54, 1.807) is 30.3 Å². The number of hydrogen-bond donors (Lipinski definition) is 2. The summed E-state index contributed by atoms with van der Waals surface area (Å²) in [6.07, 6.45) is 2.15. The zero-order chi connectivity index (χ0) is 28.6. The third kappa shape index (κ3) is 5.37. The lowest BCUT2D eigenvalue weighted by Crippen LogP contribution is -2.44. The standard InChI is InChI=1S/C27H26FN7O4S2/c1-17-15-39-13-12-35(17)23-14-22(27(10-11-27)41(37,38)21-8-4-19(28)5-9-21)32-24(33-23)18-2-6-20(7-3-18)31-25(36)34-26-29-16-30-40-26/h2-9,14,16-17H,10-13,15H2,1H3,(H2,29,30,31,34,36)/t17-/m0/s1. The molecule has 1 atom stereocenters. The summed E-state index contributed by atoms with van der Waals surface area (Å²) in [7, 11) is -3.86. The molecule has 2 amide bonds. The van der Waals surface area contributed by atoms with Gasteiger partial charge in [0.2, 0.25) is 5.13 Å². The minimum atomic E-state index is -3.86. The first-order valence-corrected chi connectivity index (χ1v) is 15.2. The minimum Gasteiger partial charge on any atom is -0.377 e. The molecule has 0 unspecified atom stereocenters. The zero-order valence-corrected chi connectivity index (χ0v) is 23.6. The van der Waals surface area contributed by atoms with Crippen molar-refractivity contribution in [2.24, 2.45) is 0 Å². The van der Waals surface area contributed by atoms with Crippen LogP contribution in [0.3, 0.4) is 0 Å². The van der Waals surface area contributed by atoms with Crippen molar-refractivity contribution in [1.29, 1.82) is 0 Å². The molecule has 41 heavy (non-hydrogen) atoms. The van der Waals surface area contributed by atoms with Crippen molar-refractivity contribution in [3.05, 3.63) is 72.4 Å². The fourth-order valence-electron chi connectivity index (χ4n) is 4.82. The molecule has 2 aliphatic rings. The summed E-state index contributed by atoms with van der Waals surface area (Å²) in [6.45, 7) is 3.67. The van der Waals surface area contributed by atoms with Gasteiger partial charge >= 0.3 is 6.03 Å². The fourth-order valence-corrected chi connectivity index (χ4v) is 7.21. The number of hydrogen-bond acceptors (Lipinski definition) is 10. The van der Waals surface area contributed by atoms with Gasteiger partial charge < -0.3 is 15.0 Å². The average Bonchev–Trinajstić information content (AvgIpc) is 3.65. The number of benzene rings is 2. The second kappa shape index (κ2) is 10.8. The highest BCUT2D eigenvalue weighted by Gasteiger charge is 2.58. The number of anilines is 3. The zero-order valence-electron chi connectivity index (χ0n) is 21.9. The highest BCUT2D eigenvalue weighted by atomic mass is 32.2. The summed E-state index contributed by atoms with van der Waals surface area (Å²) < 4.78 is 49.4. The molecule has 1 saturated carbocycles. The topological polar surface area (TPSA) is 139 Å². The van der Waals surface area contributed by atoms with Crippen LogP contribution < -0.4 is 15.5 Å². The van der Waals surface area contributed by atoms with Crippen molar-refractivity contribution >= 4 is 44.0 Å². The average molecular weight is 596 g/mol. The number of aromatic nitrogens is 4. The van der Waals surface area contributed by atoms with E-state index < -0.39 is 26.4 Å². The third-order valence-corrected chi connectivity index (χ3v) is 10.3. The summed E-state index contributed by atoms with van der Waals surface area (Å²) in [5, 5.41) is 5.71. The molecule has 11 nitrogen and oxygen atoms in total. The van der Waals surface area contributed by atoms with E-state index in [1.165, 1.54) is 18.5 Å². The van der Waals surface area contributed by atoms with Gasteiger partial charge in [0, 0.05) is 35.4 Å². The monoisotopic (exact) mass is 595 g/mol. The predicted octanol–water partition coefficient (Wildman–Crippen LogP) is 4.47. The van der Waals surface area contributed by atoms with Crippen LogP contribution in [0.4, 0.5) is 25.8 Å². The number of amides is 2. The van der Waals surface area contributed by atoms with E-state index in [-0.39, 0.29) is 10.9 Å². The molecule has 1 saturated heterocycles. The Morgan fingerprint density at radius 1 is 1.10 bits per heavy atom. The molecule has 2 N–H and O–H groups in total. The molecular formula is C27H26FN7O4S2. The fraction of sp³-hybridized carbons (Fsp3) is 0.296. The summed E-state index contributed by atoms with van der Waals surface area (Å²) in [5.41, 5.74) is 1.59. The number of nitrogens with zero attached hydrogens (tertiary/aromatic N) is 5. The maximum absolute atomic E-state index is 13.8. The Labute approximate surface area is 239 Å². The minimum absolute atomic E-state index is 0.0290. The van der Waals surface area contributed by atoms with Crippen molar-refractivity contribution in [3.8, 4) is 11.4 Å². The van der Waals surface area contributed by atoms with Crippen LogP contribution in [0, 0.1) is 5.82 Å². The van der Waals surface area contributed by atoms with Crippen LogP contribution in [0.15, 0.2) is 65.8 Å². The van der Waals surface area contributed by atoms with Crippen molar-refractivity contribution in [2.75, 3.05) is 35.3 Å². The van der Waals surface area contributed by atoms with Gasteiger partial charge in [-0.2, -0.15) is 4.37 Å². The number of morpholine rings is 1. The molecule has 212 valence electrons. The maximum Gasteiger partial charge on any atom is 0.325 e. The van der Waals surface area contributed by atoms with Crippen LogP contribution in [0.5, 0.6) is 0 Å². The molecule has 2 aromatic heterocycles. The lowest BCUT2D eigenvalue weighted by molar-refractivity contribution is 0.0985. The SMILES string of the molecule is C[C@H]1COCCN1c1cc(C2(S(=O)(=O)c3ccc(F)cc3)CC2)nc(-c2ccc(NC(=O)Nc3ncns3)cc2)n1.